The summed E-state index contributed by atoms with van der Waals surface area (Å²) in [5, 5.41) is 6.76. The first-order valence-electron chi connectivity index (χ1n) is 10.6. The van der Waals surface area contributed by atoms with Gasteiger partial charge in [-0.05, 0) is 43.9 Å². The molecule has 1 fully saturated rings. The molecule has 1 aliphatic rings. The van der Waals surface area contributed by atoms with Crippen molar-refractivity contribution in [2.75, 3.05) is 32.9 Å². The van der Waals surface area contributed by atoms with E-state index in [1.54, 1.807) is 0 Å². The average molecular weight is 396 g/mol. The zero-order valence-electron chi connectivity index (χ0n) is 17.6. The number of guanidine groups is 1. The van der Waals surface area contributed by atoms with Crippen molar-refractivity contribution in [2.45, 2.75) is 33.2 Å². The summed E-state index contributed by atoms with van der Waals surface area (Å²) in [7, 11) is 0. The highest BCUT2D eigenvalue weighted by molar-refractivity contribution is 5.79. The second-order valence-corrected chi connectivity index (χ2v) is 7.51. The number of hydrogen-bond acceptors (Lipinski definition) is 3. The number of ether oxygens (including phenoxy) is 2. The van der Waals surface area contributed by atoms with Gasteiger partial charge in [0, 0.05) is 31.2 Å². The van der Waals surface area contributed by atoms with Crippen LogP contribution in [0.5, 0.6) is 5.75 Å². The summed E-state index contributed by atoms with van der Waals surface area (Å²) < 4.78 is 11.6. The fourth-order valence-corrected chi connectivity index (χ4v) is 3.33. The van der Waals surface area contributed by atoms with Crippen LogP contribution in [0.1, 0.15) is 30.0 Å². The molecule has 0 saturated carbocycles. The molecule has 1 atom stereocenters. The van der Waals surface area contributed by atoms with E-state index in [9.17, 15) is 0 Å². The molecule has 0 radical (unpaired) electrons. The van der Waals surface area contributed by atoms with Gasteiger partial charge in [0.15, 0.2) is 5.96 Å². The second-order valence-electron chi connectivity index (χ2n) is 7.51. The van der Waals surface area contributed by atoms with Crippen LogP contribution in [0.2, 0.25) is 0 Å². The molecule has 3 rings (SSSR count). The molecular formula is C24H33N3O2. The van der Waals surface area contributed by atoms with Gasteiger partial charge in [-0.3, -0.25) is 0 Å². The van der Waals surface area contributed by atoms with Crippen molar-refractivity contribution < 1.29 is 9.47 Å². The average Bonchev–Trinajstić information content (AvgIpc) is 3.26. The quantitative estimate of drug-likeness (QED) is 0.502. The fraction of sp³-hybridized carbons (Fsp3) is 0.458. The van der Waals surface area contributed by atoms with Crippen LogP contribution in [0, 0.1) is 12.8 Å². The predicted molar refractivity (Wildman–Crippen MR) is 119 cm³/mol. The summed E-state index contributed by atoms with van der Waals surface area (Å²) in [5.74, 6) is 2.25. The molecule has 1 heterocycles. The maximum atomic E-state index is 6.14. The summed E-state index contributed by atoms with van der Waals surface area (Å²) in [4.78, 5) is 4.77. The van der Waals surface area contributed by atoms with Gasteiger partial charge < -0.3 is 20.1 Å². The summed E-state index contributed by atoms with van der Waals surface area (Å²) in [5.41, 5.74) is 3.62. The van der Waals surface area contributed by atoms with Crippen LogP contribution in [0.3, 0.4) is 0 Å². The Balaban J connectivity index is 1.58. The molecule has 5 nitrogen and oxygen atoms in total. The van der Waals surface area contributed by atoms with Gasteiger partial charge in [-0.15, -0.1) is 0 Å². The second kappa shape index (κ2) is 11.5. The smallest absolute Gasteiger partial charge is 0.191 e. The standard InChI is InChI=1S/C24H33N3O2/c1-3-25-24(26-13-11-20-7-5-4-6-8-20)27-16-22-10-9-19(2)15-23(22)29-18-21-12-14-28-17-21/h4-10,15,21H,3,11-14,16-18H2,1-2H3,(H2,25,26,27). The molecule has 0 aromatic heterocycles. The van der Waals surface area contributed by atoms with Gasteiger partial charge in [0.25, 0.3) is 0 Å². The van der Waals surface area contributed by atoms with Crippen molar-refractivity contribution in [3.05, 3.63) is 65.2 Å². The molecule has 5 heteroatoms. The van der Waals surface area contributed by atoms with E-state index in [2.05, 4.69) is 66.9 Å². The lowest BCUT2D eigenvalue weighted by Crippen LogP contribution is -2.38. The molecule has 1 saturated heterocycles. The molecule has 0 bridgehead atoms. The molecule has 0 spiro atoms. The Labute approximate surface area is 174 Å². The van der Waals surface area contributed by atoms with Crippen LogP contribution in [-0.2, 0) is 17.7 Å². The van der Waals surface area contributed by atoms with Crippen molar-refractivity contribution in [1.82, 2.24) is 10.6 Å². The Morgan fingerprint density at radius 2 is 2.03 bits per heavy atom. The lowest BCUT2D eigenvalue weighted by atomic mass is 10.1. The topological polar surface area (TPSA) is 54.9 Å². The molecule has 0 aliphatic carbocycles. The van der Waals surface area contributed by atoms with Crippen LogP contribution in [0.4, 0.5) is 0 Å². The van der Waals surface area contributed by atoms with Crippen molar-refractivity contribution in [1.29, 1.82) is 0 Å². The van der Waals surface area contributed by atoms with E-state index in [-0.39, 0.29) is 0 Å². The maximum absolute atomic E-state index is 6.14. The number of nitrogens with one attached hydrogen (secondary N) is 2. The van der Waals surface area contributed by atoms with E-state index in [0.29, 0.717) is 19.1 Å². The number of aliphatic imine (C=N–C) groups is 1. The first-order chi connectivity index (χ1) is 14.2. The third kappa shape index (κ3) is 7.09. The lowest BCUT2D eigenvalue weighted by molar-refractivity contribution is 0.166. The monoisotopic (exact) mass is 395 g/mol. The highest BCUT2D eigenvalue weighted by atomic mass is 16.5. The van der Waals surface area contributed by atoms with E-state index < -0.39 is 0 Å². The molecule has 29 heavy (non-hydrogen) atoms. The Morgan fingerprint density at radius 1 is 1.17 bits per heavy atom. The molecule has 0 amide bonds. The zero-order valence-corrected chi connectivity index (χ0v) is 17.6. The Bertz CT molecular complexity index is 771. The molecule has 1 unspecified atom stereocenters. The van der Waals surface area contributed by atoms with Gasteiger partial charge in [0.05, 0.1) is 19.8 Å². The van der Waals surface area contributed by atoms with Crippen molar-refractivity contribution in [2.24, 2.45) is 10.9 Å². The lowest BCUT2D eigenvalue weighted by Gasteiger charge is -2.15. The van der Waals surface area contributed by atoms with Gasteiger partial charge in [0.2, 0.25) is 0 Å². The summed E-state index contributed by atoms with van der Waals surface area (Å²) in [6.07, 6.45) is 2.04. The van der Waals surface area contributed by atoms with Gasteiger partial charge in [0.1, 0.15) is 5.75 Å². The third-order valence-corrected chi connectivity index (χ3v) is 5.02. The van der Waals surface area contributed by atoms with Crippen LogP contribution >= 0.6 is 0 Å². The fourth-order valence-electron chi connectivity index (χ4n) is 3.33. The van der Waals surface area contributed by atoms with E-state index in [1.807, 2.05) is 6.07 Å². The Kier molecular flexibility index (Phi) is 8.38. The first-order valence-corrected chi connectivity index (χ1v) is 10.6. The number of rotatable bonds is 9. The van der Waals surface area contributed by atoms with Gasteiger partial charge in [-0.2, -0.15) is 0 Å². The molecule has 2 aromatic rings. The van der Waals surface area contributed by atoms with Crippen molar-refractivity contribution >= 4 is 5.96 Å². The summed E-state index contributed by atoms with van der Waals surface area (Å²) in [6, 6.07) is 16.8. The van der Waals surface area contributed by atoms with E-state index in [0.717, 1.165) is 56.4 Å². The normalized spacial score (nSPS) is 16.6. The zero-order chi connectivity index (χ0) is 20.3. The highest BCUT2D eigenvalue weighted by Gasteiger charge is 2.17. The van der Waals surface area contributed by atoms with Crippen LogP contribution in [0.15, 0.2) is 53.5 Å². The summed E-state index contributed by atoms with van der Waals surface area (Å²) >= 11 is 0. The van der Waals surface area contributed by atoms with E-state index in [4.69, 9.17) is 14.5 Å². The van der Waals surface area contributed by atoms with Crippen molar-refractivity contribution in [3.63, 3.8) is 0 Å². The number of hydrogen-bond donors (Lipinski definition) is 2. The number of aryl methyl sites for hydroxylation is 1. The van der Waals surface area contributed by atoms with Gasteiger partial charge in [-0.1, -0.05) is 42.5 Å². The number of nitrogens with zero attached hydrogens (tertiary/aromatic N) is 1. The van der Waals surface area contributed by atoms with Crippen LogP contribution in [0.25, 0.3) is 0 Å². The van der Waals surface area contributed by atoms with Crippen LogP contribution in [-0.4, -0.2) is 38.9 Å². The molecule has 2 N–H and O–H groups in total. The number of benzene rings is 2. The highest BCUT2D eigenvalue weighted by Crippen LogP contribution is 2.23. The Morgan fingerprint density at radius 3 is 2.79 bits per heavy atom. The minimum atomic E-state index is 0.490. The van der Waals surface area contributed by atoms with E-state index >= 15 is 0 Å². The third-order valence-electron chi connectivity index (χ3n) is 5.02. The van der Waals surface area contributed by atoms with Gasteiger partial charge >= 0.3 is 0 Å². The minimum absolute atomic E-state index is 0.490. The summed E-state index contributed by atoms with van der Waals surface area (Å²) in [6.45, 7) is 8.78. The molecular weight excluding hydrogens is 362 g/mol. The van der Waals surface area contributed by atoms with E-state index in [1.165, 1.54) is 11.1 Å². The molecule has 1 aliphatic heterocycles. The molecule has 2 aromatic carbocycles. The maximum Gasteiger partial charge on any atom is 0.191 e. The molecule has 156 valence electrons. The largest absolute Gasteiger partial charge is 0.493 e. The first kappa shape index (κ1) is 21.2. The van der Waals surface area contributed by atoms with Gasteiger partial charge in [-0.25, -0.2) is 4.99 Å². The SMILES string of the molecule is CCNC(=NCc1ccc(C)cc1OCC1CCOC1)NCCc1ccccc1. The minimum Gasteiger partial charge on any atom is -0.493 e. The van der Waals surface area contributed by atoms with Crippen LogP contribution < -0.4 is 15.4 Å². The van der Waals surface area contributed by atoms with Crippen molar-refractivity contribution in [3.8, 4) is 5.75 Å². The predicted octanol–water partition coefficient (Wildman–Crippen LogP) is 3.71. The Hall–Kier alpha value is -2.53.